The molecule has 1 aromatic carbocycles. The van der Waals surface area contributed by atoms with Crippen molar-refractivity contribution in [1.29, 1.82) is 0 Å². The molecule has 0 heterocycles. The summed E-state index contributed by atoms with van der Waals surface area (Å²) in [6.45, 7) is 2.08. The van der Waals surface area contributed by atoms with Crippen molar-refractivity contribution in [2.45, 2.75) is 18.2 Å². The first-order chi connectivity index (χ1) is 6.63. The fourth-order valence-corrected chi connectivity index (χ4v) is 2.15. The number of hydrogen-bond acceptors (Lipinski definition) is 2. The molecule has 0 spiro atoms. The van der Waals surface area contributed by atoms with E-state index in [1.165, 1.54) is 6.07 Å². The smallest absolute Gasteiger partial charge is 0.335 e. The Bertz CT molecular complexity index is 339. The van der Waals surface area contributed by atoms with Gasteiger partial charge >= 0.3 is 5.97 Å². The van der Waals surface area contributed by atoms with Crippen LogP contribution in [0.1, 0.15) is 23.7 Å². The predicted molar refractivity (Wildman–Crippen MR) is 59.4 cm³/mol. The SMILES string of the molecule is CCCSc1cc(Cl)cc(C(=O)O)c1. The van der Waals surface area contributed by atoms with Crippen molar-refractivity contribution in [3.8, 4) is 0 Å². The van der Waals surface area contributed by atoms with E-state index < -0.39 is 5.97 Å². The van der Waals surface area contributed by atoms with E-state index in [1.807, 2.05) is 0 Å². The van der Waals surface area contributed by atoms with Crippen LogP contribution in [0.3, 0.4) is 0 Å². The highest BCUT2D eigenvalue weighted by Crippen LogP contribution is 2.24. The molecule has 0 unspecified atom stereocenters. The fourth-order valence-electron chi connectivity index (χ4n) is 0.989. The van der Waals surface area contributed by atoms with Crippen LogP contribution in [0.4, 0.5) is 0 Å². The maximum atomic E-state index is 10.7. The van der Waals surface area contributed by atoms with Crippen molar-refractivity contribution in [3.05, 3.63) is 28.8 Å². The van der Waals surface area contributed by atoms with Gasteiger partial charge in [0.25, 0.3) is 0 Å². The van der Waals surface area contributed by atoms with E-state index in [0.29, 0.717) is 5.02 Å². The van der Waals surface area contributed by atoms with Crippen molar-refractivity contribution in [3.63, 3.8) is 0 Å². The molecule has 1 rings (SSSR count). The molecule has 14 heavy (non-hydrogen) atoms. The molecule has 0 bridgehead atoms. The molecular weight excluding hydrogens is 220 g/mol. The van der Waals surface area contributed by atoms with E-state index in [9.17, 15) is 4.79 Å². The maximum Gasteiger partial charge on any atom is 0.335 e. The summed E-state index contributed by atoms with van der Waals surface area (Å²) >= 11 is 7.41. The van der Waals surface area contributed by atoms with E-state index in [4.69, 9.17) is 16.7 Å². The average Bonchev–Trinajstić information content (AvgIpc) is 2.14. The van der Waals surface area contributed by atoms with Crippen molar-refractivity contribution >= 4 is 29.3 Å². The number of rotatable bonds is 4. The molecule has 0 amide bonds. The van der Waals surface area contributed by atoms with Crippen LogP contribution in [0, 0.1) is 0 Å². The van der Waals surface area contributed by atoms with Crippen LogP contribution >= 0.6 is 23.4 Å². The first-order valence-corrected chi connectivity index (χ1v) is 5.66. The van der Waals surface area contributed by atoms with Gasteiger partial charge in [0.05, 0.1) is 5.56 Å². The van der Waals surface area contributed by atoms with Crippen LogP contribution in [-0.4, -0.2) is 16.8 Å². The Balaban J connectivity index is 2.89. The van der Waals surface area contributed by atoms with Crippen LogP contribution < -0.4 is 0 Å². The number of thioether (sulfide) groups is 1. The highest BCUT2D eigenvalue weighted by atomic mass is 35.5. The zero-order chi connectivity index (χ0) is 10.6. The Morgan fingerprint density at radius 2 is 2.21 bits per heavy atom. The van der Waals surface area contributed by atoms with E-state index in [0.717, 1.165) is 17.1 Å². The Morgan fingerprint density at radius 1 is 1.50 bits per heavy atom. The highest BCUT2D eigenvalue weighted by Gasteiger charge is 2.05. The lowest BCUT2D eigenvalue weighted by Gasteiger charge is -2.02. The summed E-state index contributed by atoms with van der Waals surface area (Å²) in [5.41, 5.74) is 0.246. The molecule has 76 valence electrons. The number of halogens is 1. The molecule has 0 aromatic heterocycles. The quantitative estimate of drug-likeness (QED) is 0.804. The Kier molecular flexibility index (Phi) is 4.29. The van der Waals surface area contributed by atoms with E-state index in [2.05, 4.69) is 6.92 Å². The molecule has 1 aromatic rings. The molecule has 0 atom stereocenters. The summed E-state index contributed by atoms with van der Waals surface area (Å²) in [6, 6.07) is 4.89. The van der Waals surface area contributed by atoms with Crippen molar-refractivity contribution in [2.75, 3.05) is 5.75 Å². The van der Waals surface area contributed by atoms with Crippen LogP contribution in [0.15, 0.2) is 23.1 Å². The third kappa shape index (κ3) is 3.24. The molecule has 4 heteroatoms. The second kappa shape index (κ2) is 5.27. The first kappa shape index (κ1) is 11.4. The number of carbonyl (C=O) groups is 1. The molecule has 0 aliphatic heterocycles. The van der Waals surface area contributed by atoms with Crippen LogP contribution in [0.2, 0.25) is 5.02 Å². The van der Waals surface area contributed by atoms with Crippen LogP contribution in [0.25, 0.3) is 0 Å². The van der Waals surface area contributed by atoms with Gasteiger partial charge in [-0.15, -0.1) is 11.8 Å². The number of benzene rings is 1. The monoisotopic (exact) mass is 230 g/mol. The van der Waals surface area contributed by atoms with Gasteiger partial charge in [-0.05, 0) is 30.4 Å². The van der Waals surface area contributed by atoms with Crippen molar-refractivity contribution in [1.82, 2.24) is 0 Å². The summed E-state index contributed by atoms with van der Waals surface area (Å²) in [5.74, 6) is 0.0326. The van der Waals surface area contributed by atoms with Gasteiger partial charge in [-0.3, -0.25) is 0 Å². The average molecular weight is 231 g/mol. The fraction of sp³-hybridized carbons (Fsp3) is 0.300. The zero-order valence-corrected chi connectivity index (χ0v) is 9.36. The minimum Gasteiger partial charge on any atom is -0.478 e. The van der Waals surface area contributed by atoms with Gasteiger partial charge in [0.15, 0.2) is 0 Å². The van der Waals surface area contributed by atoms with E-state index in [-0.39, 0.29) is 5.56 Å². The second-order valence-corrected chi connectivity index (χ2v) is 4.43. The molecule has 0 aliphatic rings. The van der Waals surface area contributed by atoms with Crippen LogP contribution in [-0.2, 0) is 0 Å². The number of carboxylic acid groups (broad SMARTS) is 1. The summed E-state index contributed by atoms with van der Waals surface area (Å²) < 4.78 is 0. The number of aromatic carboxylic acids is 1. The molecule has 0 radical (unpaired) electrons. The Labute approximate surface area is 92.3 Å². The van der Waals surface area contributed by atoms with Gasteiger partial charge in [-0.25, -0.2) is 4.79 Å². The molecule has 0 aliphatic carbocycles. The Hall–Kier alpha value is -0.670. The van der Waals surface area contributed by atoms with Gasteiger partial charge < -0.3 is 5.11 Å². The number of carboxylic acids is 1. The van der Waals surface area contributed by atoms with E-state index >= 15 is 0 Å². The first-order valence-electron chi connectivity index (χ1n) is 4.30. The lowest BCUT2D eigenvalue weighted by molar-refractivity contribution is 0.0696. The minimum atomic E-state index is -0.939. The van der Waals surface area contributed by atoms with Crippen LogP contribution in [0.5, 0.6) is 0 Å². The third-order valence-electron chi connectivity index (χ3n) is 1.59. The maximum absolute atomic E-state index is 10.7. The molecule has 0 saturated carbocycles. The van der Waals surface area contributed by atoms with Gasteiger partial charge in [0.2, 0.25) is 0 Å². The minimum absolute atomic E-state index is 0.246. The topological polar surface area (TPSA) is 37.3 Å². The second-order valence-electron chi connectivity index (χ2n) is 2.83. The van der Waals surface area contributed by atoms with Crippen molar-refractivity contribution in [2.24, 2.45) is 0 Å². The lowest BCUT2D eigenvalue weighted by atomic mass is 10.2. The predicted octanol–water partition coefficient (Wildman–Crippen LogP) is 3.54. The lowest BCUT2D eigenvalue weighted by Crippen LogP contribution is -1.96. The van der Waals surface area contributed by atoms with E-state index in [1.54, 1.807) is 23.9 Å². The zero-order valence-electron chi connectivity index (χ0n) is 7.79. The largest absolute Gasteiger partial charge is 0.478 e. The normalized spacial score (nSPS) is 10.1. The standard InChI is InChI=1S/C10H11ClO2S/c1-2-3-14-9-5-7(10(12)13)4-8(11)6-9/h4-6H,2-3H2,1H3,(H,12,13). The molecule has 0 fully saturated rings. The summed E-state index contributed by atoms with van der Waals surface area (Å²) in [4.78, 5) is 11.6. The third-order valence-corrected chi connectivity index (χ3v) is 2.99. The Morgan fingerprint density at radius 3 is 2.79 bits per heavy atom. The molecular formula is C10H11ClO2S. The molecule has 1 N–H and O–H groups in total. The van der Waals surface area contributed by atoms with Gasteiger partial charge in [0, 0.05) is 9.92 Å². The summed E-state index contributed by atoms with van der Waals surface area (Å²) in [6.07, 6.45) is 1.06. The molecule has 2 nitrogen and oxygen atoms in total. The molecule has 0 saturated heterocycles. The summed E-state index contributed by atoms with van der Waals surface area (Å²) in [5, 5.41) is 9.27. The number of hydrogen-bond donors (Lipinski definition) is 1. The van der Waals surface area contributed by atoms with Gasteiger partial charge in [0.1, 0.15) is 0 Å². The van der Waals surface area contributed by atoms with Crippen molar-refractivity contribution < 1.29 is 9.90 Å². The highest BCUT2D eigenvalue weighted by molar-refractivity contribution is 7.99. The summed E-state index contributed by atoms with van der Waals surface area (Å²) in [7, 11) is 0. The van der Waals surface area contributed by atoms with Gasteiger partial charge in [-0.1, -0.05) is 18.5 Å². The van der Waals surface area contributed by atoms with Gasteiger partial charge in [-0.2, -0.15) is 0 Å².